The van der Waals surface area contributed by atoms with Crippen molar-refractivity contribution in [2.45, 2.75) is 20.0 Å². The van der Waals surface area contributed by atoms with Gasteiger partial charge in [0.15, 0.2) is 0 Å². The average Bonchev–Trinajstić information content (AvgIpc) is 2.48. The Kier molecular flexibility index (Phi) is 7.45. The van der Waals surface area contributed by atoms with E-state index >= 15 is 0 Å². The van der Waals surface area contributed by atoms with Crippen LogP contribution in [0.2, 0.25) is 0 Å². The first-order chi connectivity index (χ1) is 10.4. The molecule has 0 unspecified atom stereocenters. The smallest absolute Gasteiger partial charge is 0.123 e. The zero-order valence-electron chi connectivity index (χ0n) is 12.7. The largest absolute Gasteiger partial charge is 0.494 e. The number of aromatic nitrogens is 1. The Bertz CT molecular complexity index is 383. The van der Waals surface area contributed by atoms with Crippen molar-refractivity contribution in [2.24, 2.45) is 0 Å². The summed E-state index contributed by atoms with van der Waals surface area (Å²) in [6.45, 7) is 8.32. The molecule has 1 aliphatic heterocycles. The molecule has 1 aliphatic rings. The van der Waals surface area contributed by atoms with Crippen molar-refractivity contribution in [2.75, 3.05) is 46.1 Å². The maximum Gasteiger partial charge on any atom is 0.123 e. The van der Waals surface area contributed by atoms with E-state index in [4.69, 9.17) is 14.2 Å². The molecule has 0 saturated carbocycles. The number of ether oxygens (including phenoxy) is 3. The van der Waals surface area contributed by atoms with Crippen LogP contribution in [0.1, 0.15) is 18.3 Å². The lowest BCUT2D eigenvalue weighted by molar-refractivity contribution is 0.0498. The Morgan fingerprint density at radius 1 is 1.00 bits per heavy atom. The third-order valence-corrected chi connectivity index (χ3v) is 3.05. The molecule has 0 amide bonds. The molecule has 1 aromatic heterocycles. The van der Waals surface area contributed by atoms with Crippen LogP contribution in [0.25, 0.3) is 0 Å². The van der Waals surface area contributed by atoms with Crippen LogP contribution in [-0.4, -0.2) is 51.1 Å². The third kappa shape index (κ3) is 6.39. The van der Waals surface area contributed by atoms with Gasteiger partial charge in [-0.15, -0.1) is 0 Å². The predicted molar refractivity (Wildman–Crippen MR) is 80.5 cm³/mol. The van der Waals surface area contributed by atoms with E-state index in [2.05, 4.69) is 15.6 Å². The summed E-state index contributed by atoms with van der Waals surface area (Å²) in [5, 5.41) is 6.66. The molecule has 118 valence electrons. The van der Waals surface area contributed by atoms with Crippen molar-refractivity contribution in [3.8, 4) is 5.75 Å². The first kappa shape index (κ1) is 16.2. The van der Waals surface area contributed by atoms with Gasteiger partial charge in [-0.1, -0.05) is 0 Å². The molecule has 2 rings (SSSR count). The minimum Gasteiger partial charge on any atom is -0.494 e. The normalized spacial score (nSPS) is 18.5. The molecule has 2 bridgehead atoms. The monoisotopic (exact) mass is 295 g/mol. The van der Waals surface area contributed by atoms with E-state index in [1.165, 1.54) is 0 Å². The molecular weight excluding hydrogens is 270 g/mol. The summed E-state index contributed by atoms with van der Waals surface area (Å²) in [6.07, 6.45) is 0. The fraction of sp³-hybridized carbons (Fsp3) is 0.667. The molecule has 21 heavy (non-hydrogen) atoms. The number of hydrogen-bond acceptors (Lipinski definition) is 6. The SMILES string of the molecule is CCOc1cc2nc(c1)CNCCOCCOCCNC2. The summed E-state index contributed by atoms with van der Waals surface area (Å²) in [6, 6.07) is 3.98. The van der Waals surface area contributed by atoms with Gasteiger partial charge < -0.3 is 24.8 Å². The first-order valence-corrected chi connectivity index (χ1v) is 7.58. The van der Waals surface area contributed by atoms with Gasteiger partial charge in [-0.3, -0.25) is 4.98 Å². The highest BCUT2D eigenvalue weighted by molar-refractivity contribution is 5.27. The molecule has 2 N–H and O–H groups in total. The molecule has 0 aliphatic carbocycles. The second kappa shape index (κ2) is 9.68. The summed E-state index contributed by atoms with van der Waals surface area (Å²) >= 11 is 0. The fourth-order valence-electron chi connectivity index (χ4n) is 2.09. The van der Waals surface area contributed by atoms with Gasteiger partial charge in [-0.2, -0.15) is 0 Å². The van der Waals surface area contributed by atoms with Crippen LogP contribution in [0.3, 0.4) is 0 Å². The molecule has 2 heterocycles. The minimum atomic E-state index is 0.641. The van der Waals surface area contributed by atoms with Crippen LogP contribution in [0, 0.1) is 0 Å². The highest BCUT2D eigenvalue weighted by Crippen LogP contribution is 2.14. The van der Waals surface area contributed by atoms with E-state index in [-0.39, 0.29) is 0 Å². The molecule has 0 fully saturated rings. The van der Waals surface area contributed by atoms with Crippen molar-refractivity contribution in [3.63, 3.8) is 0 Å². The Labute approximate surface area is 126 Å². The van der Waals surface area contributed by atoms with Crippen LogP contribution in [0.5, 0.6) is 5.75 Å². The van der Waals surface area contributed by atoms with Gasteiger partial charge in [0.05, 0.1) is 44.4 Å². The molecule has 1 aromatic rings. The summed E-state index contributed by atoms with van der Waals surface area (Å²) in [4.78, 5) is 4.64. The Hall–Kier alpha value is -1.21. The predicted octanol–water partition coefficient (Wildman–Crippen LogP) is 0.706. The fourth-order valence-corrected chi connectivity index (χ4v) is 2.09. The number of pyridine rings is 1. The van der Waals surface area contributed by atoms with Gasteiger partial charge >= 0.3 is 0 Å². The third-order valence-electron chi connectivity index (χ3n) is 3.05. The quantitative estimate of drug-likeness (QED) is 0.838. The Morgan fingerprint density at radius 3 is 2.10 bits per heavy atom. The van der Waals surface area contributed by atoms with E-state index in [9.17, 15) is 0 Å². The highest BCUT2D eigenvalue weighted by atomic mass is 16.5. The van der Waals surface area contributed by atoms with Gasteiger partial charge in [0.25, 0.3) is 0 Å². The van der Waals surface area contributed by atoms with Crippen molar-refractivity contribution >= 4 is 0 Å². The van der Waals surface area contributed by atoms with Crippen LogP contribution in [-0.2, 0) is 22.6 Å². The summed E-state index contributed by atoms with van der Waals surface area (Å²) < 4.78 is 16.6. The van der Waals surface area contributed by atoms with E-state index in [1.807, 2.05) is 19.1 Å². The molecule has 0 aromatic carbocycles. The maximum atomic E-state index is 5.61. The topological polar surface area (TPSA) is 64.6 Å². The molecule has 6 nitrogen and oxygen atoms in total. The summed E-state index contributed by atoms with van der Waals surface area (Å²) in [5.74, 6) is 0.873. The van der Waals surface area contributed by atoms with Crippen molar-refractivity contribution in [1.82, 2.24) is 15.6 Å². The van der Waals surface area contributed by atoms with Crippen LogP contribution >= 0.6 is 0 Å². The van der Waals surface area contributed by atoms with Gasteiger partial charge in [0.2, 0.25) is 0 Å². The van der Waals surface area contributed by atoms with E-state index < -0.39 is 0 Å². The standard InChI is InChI=1S/C15H25N3O3/c1-2-21-15-9-13-11-16-3-5-19-7-8-20-6-4-17-12-14(10-15)18-13/h9-10,16-17H,2-8,11-12H2,1H3. The number of fused-ring (bicyclic) bond motifs is 2. The maximum absolute atomic E-state index is 5.61. The first-order valence-electron chi connectivity index (χ1n) is 7.58. The van der Waals surface area contributed by atoms with Crippen LogP contribution < -0.4 is 15.4 Å². The molecular formula is C15H25N3O3. The minimum absolute atomic E-state index is 0.641. The second-order valence-corrected chi connectivity index (χ2v) is 4.80. The van der Waals surface area contributed by atoms with E-state index in [1.54, 1.807) is 0 Å². The lowest BCUT2D eigenvalue weighted by atomic mass is 10.2. The van der Waals surface area contributed by atoms with Crippen LogP contribution in [0.4, 0.5) is 0 Å². The summed E-state index contributed by atoms with van der Waals surface area (Å²) in [5.41, 5.74) is 1.98. The average molecular weight is 295 g/mol. The zero-order valence-corrected chi connectivity index (χ0v) is 12.7. The van der Waals surface area contributed by atoms with E-state index in [0.29, 0.717) is 46.1 Å². The van der Waals surface area contributed by atoms with Crippen LogP contribution in [0.15, 0.2) is 12.1 Å². The lowest BCUT2D eigenvalue weighted by Crippen LogP contribution is -2.21. The van der Waals surface area contributed by atoms with Gasteiger partial charge in [-0.25, -0.2) is 0 Å². The zero-order chi connectivity index (χ0) is 14.8. The van der Waals surface area contributed by atoms with Crippen molar-refractivity contribution in [1.29, 1.82) is 0 Å². The number of rotatable bonds is 2. The molecule has 0 radical (unpaired) electrons. The van der Waals surface area contributed by atoms with E-state index in [0.717, 1.165) is 30.2 Å². The number of hydrogen-bond donors (Lipinski definition) is 2. The number of nitrogens with one attached hydrogen (secondary N) is 2. The van der Waals surface area contributed by atoms with Gasteiger partial charge in [0, 0.05) is 38.3 Å². The van der Waals surface area contributed by atoms with Crippen molar-refractivity contribution in [3.05, 3.63) is 23.5 Å². The molecule has 0 saturated heterocycles. The van der Waals surface area contributed by atoms with Crippen molar-refractivity contribution < 1.29 is 14.2 Å². The Morgan fingerprint density at radius 2 is 1.57 bits per heavy atom. The van der Waals surface area contributed by atoms with Gasteiger partial charge in [-0.05, 0) is 6.92 Å². The summed E-state index contributed by atoms with van der Waals surface area (Å²) in [7, 11) is 0. The highest BCUT2D eigenvalue weighted by Gasteiger charge is 2.04. The molecule has 6 heteroatoms. The Balaban J connectivity index is 2.00. The lowest BCUT2D eigenvalue weighted by Gasteiger charge is -2.11. The second-order valence-electron chi connectivity index (χ2n) is 4.80. The molecule has 0 spiro atoms. The van der Waals surface area contributed by atoms with Gasteiger partial charge in [0.1, 0.15) is 5.75 Å². The number of nitrogens with zero attached hydrogens (tertiary/aromatic N) is 1. The molecule has 0 atom stereocenters.